The zero-order valence-corrected chi connectivity index (χ0v) is 21.4. The Balaban J connectivity index is 1.66. The maximum absolute atomic E-state index is 11.1. The molecule has 1 atom stereocenters. The first-order chi connectivity index (χ1) is 17.8. The van der Waals surface area contributed by atoms with Crippen LogP contribution in [0.2, 0.25) is 0 Å². The van der Waals surface area contributed by atoms with Crippen molar-refractivity contribution in [1.29, 1.82) is 0 Å². The Morgan fingerprint density at radius 2 is 1.35 bits per heavy atom. The van der Waals surface area contributed by atoms with Gasteiger partial charge >= 0.3 is 0 Å². The summed E-state index contributed by atoms with van der Waals surface area (Å²) in [7, 11) is 0. The maximum atomic E-state index is 11.1. The molecule has 0 fully saturated rings. The highest BCUT2D eigenvalue weighted by Gasteiger charge is 2.31. The van der Waals surface area contributed by atoms with E-state index in [1.165, 1.54) is 37.9 Å². The molecule has 3 nitrogen and oxygen atoms in total. The van der Waals surface area contributed by atoms with Gasteiger partial charge in [0.2, 0.25) is 0 Å². The maximum Gasteiger partial charge on any atom is 0.128 e. The predicted octanol–water partition coefficient (Wildman–Crippen LogP) is 8.30. The minimum Gasteiger partial charge on any atom is -0.507 e. The highest BCUT2D eigenvalue weighted by molar-refractivity contribution is 6.23. The van der Waals surface area contributed by atoms with Crippen molar-refractivity contribution in [2.45, 2.75) is 33.2 Å². The molecule has 3 heteroatoms. The topological polar surface area (TPSA) is 66.5 Å². The molecule has 4 N–H and O–H groups in total. The molecule has 0 aliphatic rings. The quantitative estimate of drug-likeness (QED) is 0.220. The van der Waals surface area contributed by atoms with Crippen LogP contribution in [-0.4, -0.2) is 10.2 Å². The second-order valence-corrected chi connectivity index (χ2v) is 11.1. The molecule has 0 amide bonds. The molecule has 0 saturated carbocycles. The van der Waals surface area contributed by atoms with E-state index >= 15 is 0 Å². The van der Waals surface area contributed by atoms with Crippen LogP contribution in [0.25, 0.3) is 43.4 Å². The van der Waals surface area contributed by atoms with Gasteiger partial charge in [-0.1, -0.05) is 99.6 Å². The van der Waals surface area contributed by atoms with E-state index in [4.69, 9.17) is 5.73 Å². The highest BCUT2D eigenvalue weighted by atomic mass is 16.3. The molecule has 0 radical (unpaired) electrons. The second-order valence-electron chi connectivity index (χ2n) is 11.1. The molecule has 0 aliphatic heterocycles. The number of benzene rings is 6. The summed E-state index contributed by atoms with van der Waals surface area (Å²) in [5, 5.41) is 29.3. The zero-order valence-electron chi connectivity index (χ0n) is 21.4. The van der Waals surface area contributed by atoms with Crippen molar-refractivity contribution < 1.29 is 10.2 Å². The Kier molecular flexibility index (Phi) is 5.36. The van der Waals surface area contributed by atoms with Crippen molar-refractivity contribution in [2.75, 3.05) is 0 Å². The summed E-state index contributed by atoms with van der Waals surface area (Å²) < 4.78 is 0. The third kappa shape index (κ3) is 3.70. The molecule has 0 aliphatic carbocycles. The molecule has 6 aromatic rings. The van der Waals surface area contributed by atoms with Gasteiger partial charge in [0.05, 0.1) is 0 Å². The number of hydrogen-bond donors (Lipinski definition) is 3. The van der Waals surface area contributed by atoms with E-state index in [0.29, 0.717) is 16.7 Å². The molecule has 1 unspecified atom stereocenters. The predicted molar refractivity (Wildman–Crippen MR) is 155 cm³/mol. The van der Waals surface area contributed by atoms with Crippen LogP contribution < -0.4 is 5.73 Å². The lowest BCUT2D eigenvalue weighted by molar-refractivity contribution is 0.359. The Hall–Kier alpha value is -4.08. The Labute approximate surface area is 217 Å². The van der Waals surface area contributed by atoms with Gasteiger partial charge in [0.25, 0.3) is 0 Å². The van der Waals surface area contributed by atoms with E-state index in [0.717, 1.165) is 5.56 Å². The van der Waals surface area contributed by atoms with Crippen molar-refractivity contribution in [3.63, 3.8) is 0 Å². The molecule has 37 heavy (non-hydrogen) atoms. The average Bonchev–Trinajstić information content (AvgIpc) is 2.88. The van der Waals surface area contributed by atoms with Crippen LogP contribution in [0, 0.1) is 5.41 Å². The van der Waals surface area contributed by atoms with Crippen LogP contribution in [0.5, 0.6) is 11.5 Å². The van der Waals surface area contributed by atoms with Gasteiger partial charge in [-0.25, -0.2) is 0 Å². The van der Waals surface area contributed by atoms with E-state index < -0.39 is 0 Å². The summed E-state index contributed by atoms with van der Waals surface area (Å²) in [6.45, 7) is 6.97. The first-order valence-electron chi connectivity index (χ1n) is 12.8. The number of para-hydroxylation sites is 1. The van der Waals surface area contributed by atoms with Gasteiger partial charge in [-0.2, -0.15) is 0 Å². The molecule has 6 aromatic carbocycles. The monoisotopic (exact) mass is 485 g/mol. The number of nitrogens with two attached hydrogens (primary N) is 1. The Bertz CT molecular complexity index is 1760. The molecule has 184 valence electrons. The summed E-state index contributed by atoms with van der Waals surface area (Å²) >= 11 is 0. The van der Waals surface area contributed by atoms with Crippen LogP contribution in [0.3, 0.4) is 0 Å². The van der Waals surface area contributed by atoms with Gasteiger partial charge in [-0.3, -0.25) is 0 Å². The van der Waals surface area contributed by atoms with Gasteiger partial charge in [0.15, 0.2) is 0 Å². The second kappa shape index (κ2) is 8.50. The molecule has 6 rings (SSSR count). The SMILES string of the molecule is CC(C)(C)C(c1cc(CN)c(O)c(-c2ccccc2O)c1)c1ccc2ccc3cccc4ccc1c2c34. The van der Waals surface area contributed by atoms with Gasteiger partial charge in [-0.05, 0) is 61.0 Å². The Morgan fingerprint density at radius 3 is 2.03 bits per heavy atom. The van der Waals surface area contributed by atoms with Crippen LogP contribution in [-0.2, 0) is 6.54 Å². The van der Waals surface area contributed by atoms with E-state index in [1.54, 1.807) is 12.1 Å². The lowest BCUT2D eigenvalue weighted by Crippen LogP contribution is -2.20. The van der Waals surface area contributed by atoms with Gasteiger partial charge in [0.1, 0.15) is 11.5 Å². The van der Waals surface area contributed by atoms with Gasteiger partial charge < -0.3 is 15.9 Å². The minimum atomic E-state index is -0.137. The minimum absolute atomic E-state index is 0.0209. The smallest absolute Gasteiger partial charge is 0.128 e. The number of hydrogen-bond acceptors (Lipinski definition) is 3. The van der Waals surface area contributed by atoms with Crippen molar-refractivity contribution in [3.05, 3.63) is 108 Å². The number of phenolic OH excluding ortho intramolecular Hbond substituents is 2. The first kappa shape index (κ1) is 23.3. The number of phenols is 2. The number of aromatic hydroxyl groups is 2. The summed E-state index contributed by atoms with van der Waals surface area (Å²) in [6.07, 6.45) is 0. The first-order valence-corrected chi connectivity index (χ1v) is 12.8. The van der Waals surface area contributed by atoms with Crippen LogP contribution in [0.1, 0.15) is 43.4 Å². The molecular weight excluding hydrogens is 454 g/mol. The molecule has 0 heterocycles. The van der Waals surface area contributed by atoms with Gasteiger partial charge in [-0.15, -0.1) is 0 Å². The van der Waals surface area contributed by atoms with Crippen LogP contribution >= 0.6 is 0 Å². The third-order valence-corrected chi connectivity index (χ3v) is 7.70. The van der Waals surface area contributed by atoms with E-state index in [2.05, 4.69) is 75.4 Å². The lowest BCUT2D eigenvalue weighted by Gasteiger charge is -2.34. The molecule has 0 bridgehead atoms. The normalized spacial score (nSPS) is 13.1. The fourth-order valence-electron chi connectivity index (χ4n) is 6.10. The third-order valence-electron chi connectivity index (χ3n) is 7.70. The van der Waals surface area contributed by atoms with E-state index in [-0.39, 0.29) is 29.4 Å². The van der Waals surface area contributed by atoms with Crippen molar-refractivity contribution in [2.24, 2.45) is 11.1 Å². The van der Waals surface area contributed by atoms with E-state index in [1.807, 2.05) is 24.3 Å². The molecule has 0 saturated heterocycles. The Morgan fingerprint density at radius 1 is 0.703 bits per heavy atom. The summed E-state index contributed by atoms with van der Waals surface area (Å²) in [6, 6.07) is 31.1. The van der Waals surface area contributed by atoms with E-state index in [9.17, 15) is 10.2 Å². The van der Waals surface area contributed by atoms with Gasteiger partial charge in [0, 0.05) is 29.2 Å². The largest absolute Gasteiger partial charge is 0.507 e. The average molecular weight is 486 g/mol. The van der Waals surface area contributed by atoms with Crippen LogP contribution in [0.15, 0.2) is 91.0 Å². The summed E-state index contributed by atoms with van der Waals surface area (Å²) in [5.41, 5.74) is 10.2. The molecule has 0 aromatic heterocycles. The van der Waals surface area contributed by atoms with Crippen molar-refractivity contribution >= 4 is 32.3 Å². The fraction of sp³-hybridized carbons (Fsp3) is 0.176. The highest BCUT2D eigenvalue weighted by Crippen LogP contribution is 2.48. The standard InChI is InChI=1S/C34H31NO2/c1-34(2,3)32(23-17-24(19-35)33(37)28(18-23)25-9-4-5-10-29(25)36)27-16-14-22-12-11-20-7-6-8-21-13-15-26(27)31(22)30(20)21/h4-18,32,36-37H,19,35H2,1-3H3. The lowest BCUT2D eigenvalue weighted by atomic mass is 9.70. The zero-order chi connectivity index (χ0) is 25.9. The van der Waals surface area contributed by atoms with Crippen molar-refractivity contribution in [3.8, 4) is 22.6 Å². The summed E-state index contributed by atoms with van der Waals surface area (Å²) in [4.78, 5) is 0. The van der Waals surface area contributed by atoms with Crippen LogP contribution in [0.4, 0.5) is 0 Å². The molecular formula is C34H31NO2. The summed E-state index contributed by atoms with van der Waals surface area (Å²) in [5.74, 6) is 0.274. The number of rotatable bonds is 4. The molecule has 0 spiro atoms. The van der Waals surface area contributed by atoms with Crippen molar-refractivity contribution in [1.82, 2.24) is 0 Å². The fourth-order valence-corrected chi connectivity index (χ4v) is 6.10.